The highest BCUT2D eigenvalue weighted by Gasteiger charge is 2.53. The number of carbonyl (C=O) groups excluding carboxylic acids is 1. The van der Waals surface area contributed by atoms with E-state index in [4.69, 9.17) is 28.4 Å². The quantitative estimate of drug-likeness (QED) is 0.0289. The second-order valence-electron chi connectivity index (χ2n) is 20.7. The third-order valence-corrected chi connectivity index (χ3v) is 14.3. The van der Waals surface area contributed by atoms with Crippen LogP contribution < -0.4 is 5.32 Å². The van der Waals surface area contributed by atoms with E-state index in [9.17, 15) is 61.0 Å². The second kappa shape index (κ2) is 42.7. The Hall–Kier alpha value is -3.03. The standard InChI is InChI=1S/C60H101NO18/c1-3-5-7-9-11-13-14-15-16-17-18-19-20-21-22-23-24-25-26-27-28-30-32-34-36-38-48(66)61-43(44(65)37-35-33-31-29-12-10-8-6-4-2)42-74-58-54(72)51(69)56(46(40-63)76-58)79-60-55(73)52(70)57(47(41-64)77-60)78-59-53(71)50(68)49(67)45(39-62)75-59/h4-7,11-13,15-16,18-19,29,35,37,43-47,49-60,62-65,67-73H,3,8-10,14,17,20-28,30-34,36,38-42H2,1-2H3,(H,61,66)/b6-4+,7-5-,13-11-,16-15-,19-18-,29-12+,37-35+. The maximum absolute atomic E-state index is 13.3. The fourth-order valence-electron chi connectivity index (χ4n) is 9.45. The van der Waals surface area contributed by atoms with Crippen LogP contribution in [0.5, 0.6) is 0 Å². The van der Waals surface area contributed by atoms with Crippen molar-refractivity contribution < 1.29 is 89.4 Å². The molecular weight excluding hydrogens is 1020 g/mol. The van der Waals surface area contributed by atoms with Gasteiger partial charge in [-0.2, -0.15) is 0 Å². The zero-order valence-electron chi connectivity index (χ0n) is 47.1. The Balaban J connectivity index is 1.43. The van der Waals surface area contributed by atoms with Crippen LogP contribution in [0.1, 0.15) is 155 Å². The van der Waals surface area contributed by atoms with Gasteiger partial charge in [0, 0.05) is 6.42 Å². The molecule has 3 rings (SSSR count). The summed E-state index contributed by atoms with van der Waals surface area (Å²) >= 11 is 0. The van der Waals surface area contributed by atoms with E-state index in [0.717, 1.165) is 77.0 Å². The first-order chi connectivity index (χ1) is 38.3. The maximum Gasteiger partial charge on any atom is 0.220 e. The SMILES string of the molecule is C/C=C/CC/C=C/CC/C=C/C(O)C(COC1OC(CO)C(OC2OC(CO)C(OC3OC(CO)C(O)C(O)C3O)C(O)C2O)C(O)C1O)NC(=O)CCCCCCCCCCCCCC/C=C\C/C=C\C/C=C\C/C=C\CC. The van der Waals surface area contributed by atoms with E-state index in [1.165, 1.54) is 44.9 Å². The molecule has 3 aliphatic heterocycles. The molecule has 3 aliphatic rings. The smallest absolute Gasteiger partial charge is 0.220 e. The predicted molar refractivity (Wildman–Crippen MR) is 300 cm³/mol. The number of aliphatic hydroxyl groups is 11. The molecule has 3 heterocycles. The first-order valence-corrected chi connectivity index (χ1v) is 29.3. The molecule has 17 atom stereocenters. The van der Waals surface area contributed by atoms with Crippen molar-refractivity contribution in [2.45, 2.75) is 259 Å². The Morgan fingerprint density at radius 1 is 0.481 bits per heavy atom. The minimum atomic E-state index is -1.98. The number of unbranched alkanes of at least 4 members (excludes halogenated alkanes) is 14. The van der Waals surface area contributed by atoms with Crippen molar-refractivity contribution in [3.8, 4) is 0 Å². The number of rotatable bonds is 41. The van der Waals surface area contributed by atoms with Crippen LogP contribution >= 0.6 is 0 Å². The molecule has 79 heavy (non-hydrogen) atoms. The van der Waals surface area contributed by atoms with Gasteiger partial charge in [-0.1, -0.05) is 156 Å². The van der Waals surface area contributed by atoms with E-state index in [-0.39, 0.29) is 18.9 Å². The Morgan fingerprint density at radius 2 is 0.899 bits per heavy atom. The van der Waals surface area contributed by atoms with Crippen molar-refractivity contribution in [1.82, 2.24) is 5.32 Å². The molecule has 0 aromatic rings. The zero-order valence-corrected chi connectivity index (χ0v) is 47.1. The van der Waals surface area contributed by atoms with Gasteiger partial charge in [-0.25, -0.2) is 0 Å². The minimum absolute atomic E-state index is 0.224. The van der Waals surface area contributed by atoms with Crippen LogP contribution in [0.25, 0.3) is 0 Å². The van der Waals surface area contributed by atoms with Crippen LogP contribution in [-0.2, 0) is 33.2 Å². The number of nitrogens with one attached hydrogen (secondary N) is 1. The van der Waals surface area contributed by atoms with Crippen LogP contribution in [0.15, 0.2) is 85.1 Å². The molecule has 1 amide bonds. The number of amides is 1. The van der Waals surface area contributed by atoms with Crippen LogP contribution in [0.3, 0.4) is 0 Å². The third-order valence-electron chi connectivity index (χ3n) is 14.3. The van der Waals surface area contributed by atoms with E-state index in [1.54, 1.807) is 12.2 Å². The number of hydrogen-bond acceptors (Lipinski definition) is 18. The van der Waals surface area contributed by atoms with Gasteiger partial charge in [0.1, 0.15) is 73.2 Å². The average molecular weight is 1120 g/mol. The molecule has 3 fully saturated rings. The van der Waals surface area contributed by atoms with E-state index in [1.807, 2.05) is 13.0 Å². The second-order valence-corrected chi connectivity index (χ2v) is 20.7. The fraction of sp³-hybridized carbons (Fsp3) is 0.750. The minimum Gasteiger partial charge on any atom is -0.394 e. The normalized spacial score (nSPS) is 30.9. The maximum atomic E-state index is 13.3. The highest BCUT2D eigenvalue weighted by molar-refractivity contribution is 5.76. The lowest BCUT2D eigenvalue weighted by atomic mass is 9.96. The van der Waals surface area contributed by atoms with Gasteiger partial charge in [-0.3, -0.25) is 4.79 Å². The largest absolute Gasteiger partial charge is 0.394 e. The molecule has 0 aliphatic carbocycles. The molecule has 12 N–H and O–H groups in total. The van der Waals surface area contributed by atoms with Gasteiger partial charge in [-0.15, -0.1) is 0 Å². The Labute approximate surface area is 470 Å². The summed E-state index contributed by atoms with van der Waals surface area (Å²) in [4.78, 5) is 13.3. The van der Waals surface area contributed by atoms with E-state index >= 15 is 0 Å². The molecule has 17 unspecified atom stereocenters. The fourth-order valence-corrected chi connectivity index (χ4v) is 9.45. The third kappa shape index (κ3) is 26.8. The molecule has 454 valence electrons. The van der Waals surface area contributed by atoms with Crippen LogP contribution in [0, 0.1) is 0 Å². The highest BCUT2D eigenvalue weighted by Crippen LogP contribution is 2.33. The lowest BCUT2D eigenvalue weighted by Gasteiger charge is -2.48. The van der Waals surface area contributed by atoms with Gasteiger partial charge in [0.25, 0.3) is 0 Å². The molecule has 19 heteroatoms. The molecule has 0 aromatic heterocycles. The number of allylic oxidation sites excluding steroid dienone is 13. The van der Waals surface area contributed by atoms with E-state index in [2.05, 4.69) is 79.1 Å². The molecular formula is C60H101NO18. The summed E-state index contributed by atoms with van der Waals surface area (Å²) < 4.78 is 34.1. The van der Waals surface area contributed by atoms with Crippen molar-refractivity contribution in [2.24, 2.45) is 0 Å². The van der Waals surface area contributed by atoms with E-state index in [0.29, 0.717) is 12.8 Å². The van der Waals surface area contributed by atoms with Gasteiger partial charge in [0.2, 0.25) is 5.91 Å². The van der Waals surface area contributed by atoms with Crippen molar-refractivity contribution in [3.63, 3.8) is 0 Å². The molecule has 3 saturated heterocycles. The number of aliphatic hydroxyl groups excluding tert-OH is 11. The van der Waals surface area contributed by atoms with Crippen LogP contribution in [0.2, 0.25) is 0 Å². The molecule has 19 nitrogen and oxygen atoms in total. The lowest BCUT2D eigenvalue weighted by Crippen LogP contribution is -2.66. The first kappa shape index (κ1) is 70.2. The molecule has 0 saturated carbocycles. The average Bonchev–Trinajstić information content (AvgIpc) is 3.44. The highest BCUT2D eigenvalue weighted by atomic mass is 16.8. The lowest BCUT2D eigenvalue weighted by molar-refractivity contribution is -0.379. The van der Waals surface area contributed by atoms with Gasteiger partial charge >= 0.3 is 0 Å². The Morgan fingerprint density at radius 3 is 1.42 bits per heavy atom. The van der Waals surface area contributed by atoms with Crippen molar-refractivity contribution in [2.75, 3.05) is 26.4 Å². The zero-order chi connectivity index (χ0) is 57.6. The predicted octanol–water partition coefficient (Wildman–Crippen LogP) is 4.81. The summed E-state index contributed by atoms with van der Waals surface area (Å²) in [5.41, 5.74) is 0. The van der Waals surface area contributed by atoms with Crippen molar-refractivity contribution >= 4 is 5.91 Å². The van der Waals surface area contributed by atoms with Crippen molar-refractivity contribution in [3.05, 3.63) is 85.1 Å². The summed E-state index contributed by atoms with van der Waals surface area (Å²) in [6.45, 7) is 1.31. The summed E-state index contributed by atoms with van der Waals surface area (Å²) in [6, 6.07) is -0.999. The topological polar surface area (TPSA) is 307 Å². The molecule has 0 spiro atoms. The van der Waals surface area contributed by atoms with E-state index < -0.39 is 124 Å². The van der Waals surface area contributed by atoms with Crippen molar-refractivity contribution in [1.29, 1.82) is 0 Å². The van der Waals surface area contributed by atoms with Gasteiger partial charge < -0.3 is 89.9 Å². The summed E-state index contributed by atoms with van der Waals surface area (Å²) in [6.07, 6.45) is 24.7. The van der Waals surface area contributed by atoms with Gasteiger partial charge in [0.05, 0.1) is 38.6 Å². The van der Waals surface area contributed by atoms with Gasteiger partial charge in [-0.05, 0) is 77.6 Å². The van der Waals surface area contributed by atoms with Crippen LogP contribution in [-0.4, -0.2) is 193 Å². The number of hydrogen-bond donors (Lipinski definition) is 12. The summed E-state index contributed by atoms with van der Waals surface area (Å²) in [7, 11) is 0. The van der Waals surface area contributed by atoms with Gasteiger partial charge in [0.15, 0.2) is 18.9 Å². The summed E-state index contributed by atoms with van der Waals surface area (Å²) in [5, 5.41) is 120. The Bertz CT molecular complexity index is 1770. The number of ether oxygens (including phenoxy) is 6. The monoisotopic (exact) mass is 1120 g/mol. The molecule has 0 aromatic carbocycles. The molecule has 0 radical (unpaired) electrons. The number of carbonyl (C=O) groups is 1. The van der Waals surface area contributed by atoms with Crippen LogP contribution in [0.4, 0.5) is 0 Å². The Kier molecular flexibility index (Phi) is 38.0. The first-order valence-electron chi connectivity index (χ1n) is 29.3. The summed E-state index contributed by atoms with van der Waals surface area (Å²) in [5.74, 6) is -0.300. The molecule has 0 bridgehead atoms.